The summed E-state index contributed by atoms with van der Waals surface area (Å²) >= 11 is 0.960. The molecule has 0 atom stereocenters. The largest absolute Gasteiger partial charge is 0.370 e. The van der Waals surface area contributed by atoms with E-state index in [0.29, 0.717) is 11.0 Å². The van der Waals surface area contributed by atoms with E-state index < -0.39 is 15.9 Å². The predicted octanol–water partition coefficient (Wildman–Crippen LogP) is 1.76. The Kier molecular flexibility index (Phi) is 5.07. The Bertz CT molecular complexity index is 987. The van der Waals surface area contributed by atoms with E-state index in [0.717, 1.165) is 17.3 Å². The molecule has 0 bridgehead atoms. The van der Waals surface area contributed by atoms with Gasteiger partial charge in [-0.25, -0.2) is 8.42 Å². The quantitative estimate of drug-likeness (QED) is 0.676. The fourth-order valence-electron chi connectivity index (χ4n) is 2.43. The first-order chi connectivity index (χ1) is 12.0. The number of sulfonamides is 1. The van der Waals surface area contributed by atoms with E-state index in [9.17, 15) is 13.2 Å². The minimum absolute atomic E-state index is 0.000510. The fourth-order valence-corrected chi connectivity index (χ4v) is 4.62. The number of benzene rings is 2. The Balaban J connectivity index is 2.01. The van der Waals surface area contributed by atoms with E-state index >= 15 is 0 Å². The van der Waals surface area contributed by atoms with Gasteiger partial charge < -0.3 is 5.73 Å². The number of amides is 1. The van der Waals surface area contributed by atoms with Crippen molar-refractivity contribution in [1.29, 1.82) is 0 Å². The van der Waals surface area contributed by atoms with E-state index in [-0.39, 0.29) is 24.4 Å². The molecule has 1 heterocycles. The number of aromatic nitrogens is 2. The van der Waals surface area contributed by atoms with Gasteiger partial charge in [-0.05, 0) is 17.7 Å². The van der Waals surface area contributed by atoms with E-state index in [1.165, 1.54) is 10.4 Å². The summed E-state index contributed by atoms with van der Waals surface area (Å²) in [6.07, 6.45) is -0.0582. The molecule has 9 heteroatoms. The highest BCUT2D eigenvalue weighted by molar-refractivity contribution is 7.89. The van der Waals surface area contributed by atoms with Crippen LogP contribution >= 0.6 is 11.7 Å². The lowest BCUT2D eigenvalue weighted by Crippen LogP contribution is -2.33. The van der Waals surface area contributed by atoms with Crippen LogP contribution in [0.1, 0.15) is 12.0 Å². The van der Waals surface area contributed by atoms with E-state index in [1.54, 1.807) is 12.1 Å². The maximum atomic E-state index is 13.2. The molecular weight excluding hydrogens is 360 g/mol. The molecule has 1 aromatic heterocycles. The molecule has 2 aromatic carbocycles. The molecule has 0 fully saturated rings. The van der Waals surface area contributed by atoms with Gasteiger partial charge in [0.25, 0.3) is 0 Å². The molecule has 0 aliphatic carbocycles. The molecule has 3 aromatic rings. The second-order valence-corrected chi connectivity index (χ2v) is 7.86. The van der Waals surface area contributed by atoms with Crippen molar-refractivity contribution >= 4 is 38.7 Å². The normalized spacial score (nSPS) is 11.9. The lowest BCUT2D eigenvalue weighted by Gasteiger charge is -2.22. The average Bonchev–Trinajstić information content (AvgIpc) is 3.07. The second-order valence-electron chi connectivity index (χ2n) is 5.43. The molecule has 2 N–H and O–H groups in total. The van der Waals surface area contributed by atoms with Crippen LogP contribution in [0.2, 0.25) is 0 Å². The summed E-state index contributed by atoms with van der Waals surface area (Å²) in [4.78, 5) is 11.3. The van der Waals surface area contributed by atoms with Crippen LogP contribution in [0.3, 0.4) is 0 Å². The number of primary amides is 1. The summed E-state index contributed by atoms with van der Waals surface area (Å²) in [6, 6.07) is 14.0. The Hall–Kier alpha value is -2.36. The van der Waals surface area contributed by atoms with Crippen LogP contribution in [0, 0.1) is 0 Å². The van der Waals surface area contributed by atoms with Gasteiger partial charge in [0.1, 0.15) is 15.9 Å². The van der Waals surface area contributed by atoms with Crippen LogP contribution in [0.5, 0.6) is 0 Å². The number of hydrogen-bond acceptors (Lipinski definition) is 6. The number of fused-ring (bicyclic) bond motifs is 1. The summed E-state index contributed by atoms with van der Waals surface area (Å²) in [5.74, 6) is -0.554. The van der Waals surface area contributed by atoms with Crippen LogP contribution in [0.4, 0.5) is 0 Å². The number of nitrogens with zero attached hydrogens (tertiary/aromatic N) is 3. The van der Waals surface area contributed by atoms with Gasteiger partial charge in [-0.15, -0.1) is 0 Å². The van der Waals surface area contributed by atoms with Crippen molar-refractivity contribution in [3.05, 3.63) is 54.1 Å². The summed E-state index contributed by atoms with van der Waals surface area (Å²) in [7, 11) is -3.86. The molecule has 130 valence electrons. The highest BCUT2D eigenvalue weighted by Gasteiger charge is 2.28. The van der Waals surface area contributed by atoms with Crippen molar-refractivity contribution in [2.45, 2.75) is 17.9 Å². The monoisotopic (exact) mass is 376 g/mol. The van der Waals surface area contributed by atoms with Gasteiger partial charge in [-0.3, -0.25) is 4.79 Å². The molecule has 0 spiro atoms. The number of carbonyl (C=O) groups excluding carboxylic acids is 1. The first kappa shape index (κ1) is 17.5. The van der Waals surface area contributed by atoms with Gasteiger partial charge in [-0.1, -0.05) is 36.4 Å². The number of nitrogens with two attached hydrogens (primary N) is 1. The van der Waals surface area contributed by atoms with Crippen molar-refractivity contribution in [3.8, 4) is 0 Å². The third-order valence-corrected chi connectivity index (χ3v) is 6.10. The zero-order valence-corrected chi connectivity index (χ0v) is 14.8. The summed E-state index contributed by atoms with van der Waals surface area (Å²) < 4.78 is 35.8. The van der Waals surface area contributed by atoms with Crippen molar-refractivity contribution < 1.29 is 13.2 Å². The molecule has 0 saturated carbocycles. The molecule has 0 unspecified atom stereocenters. The molecule has 7 nitrogen and oxygen atoms in total. The highest BCUT2D eigenvalue weighted by atomic mass is 32.2. The molecule has 0 radical (unpaired) electrons. The van der Waals surface area contributed by atoms with Gasteiger partial charge >= 0.3 is 0 Å². The molecule has 0 aliphatic rings. The van der Waals surface area contributed by atoms with E-state index in [1.807, 2.05) is 30.3 Å². The summed E-state index contributed by atoms with van der Waals surface area (Å²) in [6.45, 7) is 0.144. The fraction of sp³-hybridized carbons (Fsp3) is 0.188. The minimum Gasteiger partial charge on any atom is -0.370 e. The van der Waals surface area contributed by atoms with Gasteiger partial charge in [0.15, 0.2) is 0 Å². The third-order valence-electron chi connectivity index (χ3n) is 3.68. The summed E-state index contributed by atoms with van der Waals surface area (Å²) in [5, 5.41) is 0. The Morgan fingerprint density at radius 3 is 2.56 bits per heavy atom. The Morgan fingerprint density at radius 2 is 1.84 bits per heavy atom. The van der Waals surface area contributed by atoms with E-state index in [4.69, 9.17) is 5.73 Å². The maximum absolute atomic E-state index is 13.2. The first-order valence-electron chi connectivity index (χ1n) is 7.52. The van der Waals surface area contributed by atoms with Gasteiger partial charge in [0.2, 0.25) is 15.9 Å². The summed E-state index contributed by atoms with van der Waals surface area (Å²) in [5.41, 5.74) is 6.89. The van der Waals surface area contributed by atoms with Gasteiger partial charge in [0.05, 0.1) is 11.7 Å². The van der Waals surface area contributed by atoms with Crippen molar-refractivity contribution in [3.63, 3.8) is 0 Å². The zero-order valence-electron chi connectivity index (χ0n) is 13.2. The van der Waals surface area contributed by atoms with Crippen LogP contribution in [-0.2, 0) is 21.4 Å². The molecule has 3 rings (SSSR count). The zero-order chi connectivity index (χ0) is 17.9. The third kappa shape index (κ3) is 3.84. The minimum atomic E-state index is -3.86. The van der Waals surface area contributed by atoms with Crippen molar-refractivity contribution in [2.24, 2.45) is 5.73 Å². The molecule has 0 aliphatic heterocycles. The smallest absolute Gasteiger partial charge is 0.245 e. The predicted molar refractivity (Wildman–Crippen MR) is 95.3 cm³/mol. The van der Waals surface area contributed by atoms with Crippen molar-refractivity contribution in [1.82, 2.24) is 13.1 Å². The lowest BCUT2D eigenvalue weighted by molar-refractivity contribution is -0.118. The van der Waals surface area contributed by atoms with Crippen LogP contribution in [0.15, 0.2) is 53.4 Å². The molecule has 25 heavy (non-hydrogen) atoms. The van der Waals surface area contributed by atoms with Gasteiger partial charge in [0, 0.05) is 19.5 Å². The van der Waals surface area contributed by atoms with Crippen LogP contribution in [-0.4, -0.2) is 33.9 Å². The average molecular weight is 376 g/mol. The van der Waals surface area contributed by atoms with Crippen LogP contribution < -0.4 is 5.73 Å². The molecule has 0 saturated heterocycles. The second kappa shape index (κ2) is 7.26. The first-order valence-corrected chi connectivity index (χ1v) is 9.69. The number of rotatable bonds is 7. The SMILES string of the molecule is NC(=O)CCN(Cc1ccccc1)S(=O)(=O)c1cccc2nsnc12. The Labute approximate surface area is 149 Å². The Morgan fingerprint density at radius 1 is 1.08 bits per heavy atom. The molecular formula is C16H16N4O3S2. The topological polar surface area (TPSA) is 106 Å². The van der Waals surface area contributed by atoms with E-state index in [2.05, 4.69) is 8.75 Å². The molecule has 1 amide bonds. The van der Waals surface area contributed by atoms with Gasteiger partial charge in [-0.2, -0.15) is 13.1 Å². The number of carbonyl (C=O) groups is 1. The maximum Gasteiger partial charge on any atom is 0.245 e. The lowest BCUT2D eigenvalue weighted by atomic mass is 10.2. The standard InChI is InChI=1S/C16H16N4O3S2/c17-15(21)9-10-20(11-12-5-2-1-3-6-12)25(22,23)14-8-4-7-13-16(14)19-24-18-13/h1-8H,9-11H2,(H2,17,21). The highest BCUT2D eigenvalue weighted by Crippen LogP contribution is 2.25. The number of hydrogen-bond donors (Lipinski definition) is 1. The van der Waals surface area contributed by atoms with Crippen molar-refractivity contribution in [2.75, 3.05) is 6.54 Å². The van der Waals surface area contributed by atoms with Crippen LogP contribution in [0.25, 0.3) is 11.0 Å².